The van der Waals surface area contributed by atoms with E-state index < -0.39 is 0 Å². The van der Waals surface area contributed by atoms with Gasteiger partial charge in [-0.3, -0.25) is 10.6 Å². The molecular formula is C12H19N3O. The van der Waals surface area contributed by atoms with Crippen LogP contribution in [-0.2, 0) is 0 Å². The number of hydrogen-bond donors (Lipinski definition) is 3. The molecule has 0 aliphatic rings. The molecule has 0 aromatic heterocycles. The van der Waals surface area contributed by atoms with Crippen molar-refractivity contribution in [1.82, 2.24) is 5.32 Å². The van der Waals surface area contributed by atoms with Crippen molar-refractivity contribution in [2.24, 2.45) is 5.84 Å². The minimum atomic E-state index is -0.0281. The zero-order valence-electron chi connectivity index (χ0n) is 9.62. The average Bonchev–Trinajstić information content (AvgIpc) is 2.34. The van der Waals surface area contributed by atoms with Crippen molar-refractivity contribution < 1.29 is 4.79 Å². The van der Waals surface area contributed by atoms with Crippen molar-refractivity contribution in [2.75, 3.05) is 12.0 Å². The Labute approximate surface area is 96.2 Å². The van der Waals surface area contributed by atoms with E-state index in [9.17, 15) is 4.79 Å². The number of nitrogen functional groups attached to an aromatic ring is 1. The summed E-state index contributed by atoms with van der Waals surface area (Å²) in [5, 5.41) is 2.88. The van der Waals surface area contributed by atoms with Crippen LogP contribution in [0.3, 0.4) is 0 Å². The van der Waals surface area contributed by atoms with Gasteiger partial charge in [0.2, 0.25) is 0 Å². The summed E-state index contributed by atoms with van der Waals surface area (Å²) in [6.07, 6.45) is 3.34. The highest BCUT2D eigenvalue weighted by Crippen LogP contribution is 2.07. The van der Waals surface area contributed by atoms with E-state index in [0.717, 1.165) is 31.5 Å². The highest BCUT2D eigenvalue weighted by molar-refractivity contribution is 5.94. The van der Waals surface area contributed by atoms with Gasteiger partial charge in [0.15, 0.2) is 0 Å². The Balaban J connectivity index is 2.40. The molecule has 0 saturated heterocycles. The van der Waals surface area contributed by atoms with Crippen LogP contribution in [0.1, 0.15) is 36.5 Å². The second-order valence-corrected chi connectivity index (χ2v) is 3.68. The summed E-state index contributed by atoms with van der Waals surface area (Å²) in [4.78, 5) is 11.6. The van der Waals surface area contributed by atoms with Crippen LogP contribution in [0, 0.1) is 0 Å². The smallest absolute Gasteiger partial charge is 0.251 e. The van der Waals surface area contributed by atoms with E-state index >= 15 is 0 Å². The molecule has 1 rings (SSSR count). The van der Waals surface area contributed by atoms with Crippen LogP contribution in [-0.4, -0.2) is 12.5 Å². The molecule has 16 heavy (non-hydrogen) atoms. The first-order valence-electron chi connectivity index (χ1n) is 5.62. The van der Waals surface area contributed by atoms with Gasteiger partial charge in [-0.05, 0) is 30.7 Å². The highest BCUT2D eigenvalue weighted by atomic mass is 16.1. The number of rotatable bonds is 6. The molecule has 4 nitrogen and oxygen atoms in total. The summed E-state index contributed by atoms with van der Waals surface area (Å²) >= 11 is 0. The second-order valence-electron chi connectivity index (χ2n) is 3.68. The lowest BCUT2D eigenvalue weighted by molar-refractivity contribution is 0.0953. The predicted octanol–water partition coefficient (Wildman–Crippen LogP) is 1.89. The maximum Gasteiger partial charge on any atom is 0.251 e. The molecule has 1 amide bonds. The lowest BCUT2D eigenvalue weighted by atomic mass is 10.2. The standard InChI is InChI=1S/C12H19N3O/c1-2-3-4-9-14-12(16)10-5-7-11(15-13)8-6-10/h5-8,15H,2-4,9,13H2,1H3,(H,14,16). The van der Waals surface area contributed by atoms with Crippen molar-refractivity contribution in [3.63, 3.8) is 0 Å². The van der Waals surface area contributed by atoms with E-state index in [1.807, 2.05) is 0 Å². The number of nitrogens with two attached hydrogens (primary N) is 1. The molecule has 0 heterocycles. The van der Waals surface area contributed by atoms with Gasteiger partial charge in [-0.15, -0.1) is 0 Å². The van der Waals surface area contributed by atoms with E-state index in [1.54, 1.807) is 24.3 Å². The fourth-order valence-electron chi connectivity index (χ4n) is 1.40. The lowest BCUT2D eigenvalue weighted by Gasteiger charge is -2.05. The third-order valence-corrected chi connectivity index (χ3v) is 2.38. The van der Waals surface area contributed by atoms with E-state index in [1.165, 1.54) is 0 Å². The Morgan fingerprint density at radius 1 is 1.25 bits per heavy atom. The maximum atomic E-state index is 11.6. The number of hydrogen-bond acceptors (Lipinski definition) is 3. The van der Waals surface area contributed by atoms with Gasteiger partial charge in [0.1, 0.15) is 0 Å². The third kappa shape index (κ3) is 3.90. The van der Waals surface area contributed by atoms with E-state index in [-0.39, 0.29) is 5.91 Å². The van der Waals surface area contributed by atoms with E-state index in [2.05, 4.69) is 17.7 Å². The monoisotopic (exact) mass is 221 g/mol. The number of benzene rings is 1. The van der Waals surface area contributed by atoms with Crippen molar-refractivity contribution in [1.29, 1.82) is 0 Å². The van der Waals surface area contributed by atoms with Crippen LogP contribution in [0.4, 0.5) is 5.69 Å². The normalized spacial score (nSPS) is 9.88. The first kappa shape index (κ1) is 12.5. The van der Waals surface area contributed by atoms with Gasteiger partial charge < -0.3 is 10.7 Å². The van der Waals surface area contributed by atoms with Gasteiger partial charge >= 0.3 is 0 Å². The molecule has 0 saturated carbocycles. The van der Waals surface area contributed by atoms with Crippen LogP contribution in [0.5, 0.6) is 0 Å². The van der Waals surface area contributed by atoms with Gasteiger partial charge in [-0.1, -0.05) is 19.8 Å². The third-order valence-electron chi connectivity index (χ3n) is 2.38. The van der Waals surface area contributed by atoms with Crippen LogP contribution in [0.2, 0.25) is 0 Å². The minimum absolute atomic E-state index is 0.0281. The van der Waals surface area contributed by atoms with Crippen molar-refractivity contribution in [3.8, 4) is 0 Å². The molecule has 0 aliphatic heterocycles. The molecule has 88 valence electrons. The number of nitrogens with one attached hydrogen (secondary N) is 2. The summed E-state index contributed by atoms with van der Waals surface area (Å²) < 4.78 is 0. The number of anilines is 1. The van der Waals surface area contributed by atoms with Crippen LogP contribution >= 0.6 is 0 Å². The average molecular weight is 221 g/mol. The Hall–Kier alpha value is -1.55. The molecule has 0 unspecified atom stereocenters. The van der Waals surface area contributed by atoms with Gasteiger partial charge in [0, 0.05) is 17.8 Å². The Bertz CT molecular complexity index is 322. The fourth-order valence-corrected chi connectivity index (χ4v) is 1.40. The summed E-state index contributed by atoms with van der Waals surface area (Å²) in [6.45, 7) is 2.88. The minimum Gasteiger partial charge on any atom is -0.352 e. The van der Waals surface area contributed by atoms with Gasteiger partial charge in [-0.25, -0.2) is 0 Å². The lowest BCUT2D eigenvalue weighted by Crippen LogP contribution is -2.24. The maximum absolute atomic E-state index is 11.6. The number of carbonyl (C=O) groups excluding carboxylic acids is 1. The van der Waals surface area contributed by atoms with Crippen molar-refractivity contribution in [2.45, 2.75) is 26.2 Å². The second kappa shape index (κ2) is 6.85. The summed E-state index contributed by atoms with van der Waals surface area (Å²) in [5.74, 6) is 5.21. The topological polar surface area (TPSA) is 67.2 Å². The van der Waals surface area contributed by atoms with Gasteiger partial charge in [0.25, 0.3) is 5.91 Å². The number of amides is 1. The quantitative estimate of drug-likeness (QED) is 0.390. The largest absolute Gasteiger partial charge is 0.352 e. The predicted molar refractivity (Wildman–Crippen MR) is 66.1 cm³/mol. The van der Waals surface area contributed by atoms with Crippen LogP contribution < -0.4 is 16.6 Å². The summed E-state index contributed by atoms with van der Waals surface area (Å²) in [7, 11) is 0. The van der Waals surface area contributed by atoms with Crippen LogP contribution in [0.25, 0.3) is 0 Å². The van der Waals surface area contributed by atoms with Crippen molar-refractivity contribution in [3.05, 3.63) is 29.8 Å². The van der Waals surface area contributed by atoms with E-state index in [4.69, 9.17) is 5.84 Å². The molecule has 0 fully saturated rings. The van der Waals surface area contributed by atoms with Crippen molar-refractivity contribution >= 4 is 11.6 Å². The molecule has 4 heteroatoms. The molecule has 0 atom stereocenters. The molecule has 1 aromatic carbocycles. The number of carbonyl (C=O) groups is 1. The Kier molecular flexibility index (Phi) is 5.36. The molecular weight excluding hydrogens is 202 g/mol. The summed E-state index contributed by atoms with van der Waals surface area (Å²) in [6, 6.07) is 7.07. The van der Waals surface area contributed by atoms with Gasteiger partial charge in [0.05, 0.1) is 0 Å². The van der Waals surface area contributed by atoms with Gasteiger partial charge in [-0.2, -0.15) is 0 Å². The molecule has 0 bridgehead atoms. The first-order chi connectivity index (χ1) is 7.77. The number of unbranched alkanes of at least 4 members (excludes halogenated alkanes) is 2. The molecule has 1 aromatic rings. The molecule has 0 aliphatic carbocycles. The van der Waals surface area contributed by atoms with Crippen LogP contribution in [0.15, 0.2) is 24.3 Å². The zero-order chi connectivity index (χ0) is 11.8. The van der Waals surface area contributed by atoms with E-state index in [0.29, 0.717) is 5.56 Å². The Morgan fingerprint density at radius 2 is 1.94 bits per heavy atom. The molecule has 0 radical (unpaired) electrons. The SMILES string of the molecule is CCCCCNC(=O)c1ccc(NN)cc1. The molecule has 0 spiro atoms. The first-order valence-corrected chi connectivity index (χ1v) is 5.62. The zero-order valence-corrected chi connectivity index (χ0v) is 9.62. The highest BCUT2D eigenvalue weighted by Gasteiger charge is 2.03. The number of hydrazine groups is 1. The molecule has 4 N–H and O–H groups in total. The fraction of sp³-hybridized carbons (Fsp3) is 0.417. The summed E-state index contributed by atoms with van der Waals surface area (Å²) in [5.41, 5.74) is 3.98. The Morgan fingerprint density at radius 3 is 2.50 bits per heavy atom.